The largest absolute Gasteiger partial charge is 0.493 e. The van der Waals surface area contributed by atoms with E-state index in [-0.39, 0.29) is 12.5 Å². The van der Waals surface area contributed by atoms with Gasteiger partial charge in [-0.3, -0.25) is 4.79 Å². The van der Waals surface area contributed by atoms with Gasteiger partial charge in [0.25, 0.3) is 5.91 Å². The van der Waals surface area contributed by atoms with Crippen molar-refractivity contribution in [2.24, 2.45) is 0 Å². The van der Waals surface area contributed by atoms with Crippen molar-refractivity contribution < 1.29 is 14.3 Å². The summed E-state index contributed by atoms with van der Waals surface area (Å²) in [6.45, 7) is 4.96. The smallest absolute Gasteiger partial charge is 0.262 e. The highest BCUT2D eigenvalue weighted by Crippen LogP contribution is 2.36. The Balaban J connectivity index is 1.72. The fourth-order valence-corrected chi connectivity index (χ4v) is 3.35. The van der Waals surface area contributed by atoms with Gasteiger partial charge < -0.3 is 20.1 Å². The molecule has 31 heavy (non-hydrogen) atoms. The van der Waals surface area contributed by atoms with Gasteiger partial charge in [0.15, 0.2) is 18.1 Å². The first-order chi connectivity index (χ1) is 15.0. The molecule has 2 N–H and O–H groups in total. The van der Waals surface area contributed by atoms with Crippen LogP contribution < -0.4 is 20.1 Å². The van der Waals surface area contributed by atoms with Crippen molar-refractivity contribution in [1.82, 2.24) is 20.2 Å². The Hall–Kier alpha value is -3.14. The Morgan fingerprint density at radius 3 is 2.68 bits per heavy atom. The highest BCUT2D eigenvalue weighted by Gasteiger charge is 2.17. The molecule has 0 fully saturated rings. The van der Waals surface area contributed by atoms with Crippen LogP contribution in [0.5, 0.6) is 11.5 Å². The number of carbonyl (C=O) groups is 1. The lowest BCUT2D eigenvalue weighted by molar-refractivity contribution is -0.118. The number of amides is 1. The van der Waals surface area contributed by atoms with Crippen LogP contribution in [-0.4, -0.2) is 39.8 Å². The maximum absolute atomic E-state index is 12.4. The average Bonchev–Trinajstić information content (AvgIpc) is 3.20. The fourth-order valence-electron chi connectivity index (χ4n) is 2.90. The SMILES string of the molecule is CCCn1nnnc1NCc1c(Br)ccc(OC)c1OCC(=O)Nc1ccc(C)cc1. The predicted octanol–water partition coefficient (Wildman–Crippen LogP) is 3.79. The topological polar surface area (TPSA) is 103 Å². The molecular formula is C21H25BrN6O3. The number of aryl methyl sites for hydroxylation is 2. The van der Waals surface area contributed by atoms with Crippen molar-refractivity contribution in [3.05, 3.63) is 52.0 Å². The number of nitrogens with zero attached hydrogens (tertiary/aromatic N) is 4. The van der Waals surface area contributed by atoms with Gasteiger partial charge in [-0.25, -0.2) is 4.68 Å². The molecule has 3 rings (SSSR count). The first-order valence-electron chi connectivity index (χ1n) is 9.86. The Kier molecular flexibility index (Phi) is 7.82. The fraction of sp³-hybridized carbons (Fsp3) is 0.333. The number of rotatable bonds is 10. The Morgan fingerprint density at radius 2 is 1.97 bits per heavy atom. The van der Waals surface area contributed by atoms with Gasteiger partial charge in [0.1, 0.15) is 0 Å². The minimum Gasteiger partial charge on any atom is -0.493 e. The summed E-state index contributed by atoms with van der Waals surface area (Å²) in [5.74, 6) is 1.28. The van der Waals surface area contributed by atoms with Crippen LogP contribution in [0.3, 0.4) is 0 Å². The summed E-state index contributed by atoms with van der Waals surface area (Å²) in [5.41, 5.74) is 2.62. The minimum absolute atomic E-state index is 0.165. The van der Waals surface area contributed by atoms with Crippen LogP contribution in [0, 0.1) is 6.92 Å². The lowest BCUT2D eigenvalue weighted by Crippen LogP contribution is -2.21. The van der Waals surface area contributed by atoms with Gasteiger partial charge in [-0.15, -0.1) is 0 Å². The molecule has 9 nitrogen and oxygen atoms in total. The van der Waals surface area contributed by atoms with Crippen LogP contribution in [0.2, 0.25) is 0 Å². The van der Waals surface area contributed by atoms with Crippen molar-refractivity contribution in [2.45, 2.75) is 33.4 Å². The van der Waals surface area contributed by atoms with Crippen LogP contribution in [0.15, 0.2) is 40.9 Å². The number of ether oxygens (including phenoxy) is 2. The second-order valence-corrected chi connectivity index (χ2v) is 7.69. The second kappa shape index (κ2) is 10.8. The van der Waals surface area contributed by atoms with Gasteiger partial charge in [-0.2, -0.15) is 0 Å². The number of halogens is 1. The van der Waals surface area contributed by atoms with Crippen molar-refractivity contribution in [3.63, 3.8) is 0 Å². The highest BCUT2D eigenvalue weighted by molar-refractivity contribution is 9.10. The predicted molar refractivity (Wildman–Crippen MR) is 121 cm³/mol. The molecule has 0 aliphatic rings. The summed E-state index contributed by atoms with van der Waals surface area (Å²) >= 11 is 3.56. The molecule has 10 heteroatoms. The highest BCUT2D eigenvalue weighted by atomic mass is 79.9. The third-order valence-electron chi connectivity index (χ3n) is 4.46. The van der Waals surface area contributed by atoms with E-state index in [1.807, 2.05) is 37.3 Å². The van der Waals surface area contributed by atoms with Gasteiger partial charge in [0, 0.05) is 28.8 Å². The summed E-state index contributed by atoms with van der Waals surface area (Å²) in [4.78, 5) is 12.4. The third-order valence-corrected chi connectivity index (χ3v) is 5.20. The Bertz CT molecular complexity index is 1020. The number of aromatic nitrogens is 4. The molecule has 2 aromatic carbocycles. The molecule has 1 heterocycles. The maximum Gasteiger partial charge on any atom is 0.262 e. The molecular weight excluding hydrogens is 464 g/mol. The number of hydrogen-bond acceptors (Lipinski definition) is 7. The summed E-state index contributed by atoms with van der Waals surface area (Å²) in [6.07, 6.45) is 0.910. The first kappa shape index (κ1) is 22.5. The molecule has 0 radical (unpaired) electrons. The zero-order valence-corrected chi connectivity index (χ0v) is 19.3. The number of hydrogen-bond donors (Lipinski definition) is 2. The van der Waals surface area contributed by atoms with Crippen molar-refractivity contribution >= 4 is 33.5 Å². The van der Waals surface area contributed by atoms with E-state index in [0.717, 1.165) is 22.0 Å². The normalized spacial score (nSPS) is 10.6. The van der Waals surface area contributed by atoms with Crippen LogP contribution in [0.1, 0.15) is 24.5 Å². The third kappa shape index (κ3) is 5.94. The molecule has 0 saturated carbocycles. The van der Waals surface area contributed by atoms with E-state index in [4.69, 9.17) is 9.47 Å². The number of benzene rings is 2. The lowest BCUT2D eigenvalue weighted by Gasteiger charge is -2.17. The summed E-state index contributed by atoms with van der Waals surface area (Å²) in [5, 5.41) is 17.8. The van der Waals surface area contributed by atoms with E-state index >= 15 is 0 Å². The number of carbonyl (C=O) groups excluding carboxylic acids is 1. The van der Waals surface area contributed by atoms with Crippen LogP contribution in [0.25, 0.3) is 0 Å². The number of anilines is 2. The zero-order chi connectivity index (χ0) is 22.2. The monoisotopic (exact) mass is 488 g/mol. The van der Waals surface area contributed by atoms with Crippen molar-refractivity contribution in [2.75, 3.05) is 24.4 Å². The van der Waals surface area contributed by atoms with E-state index in [9.17, 15) is 4.79 Å². The molecule has 0 saturated heterocycles. The minimum atomic E-state index is -0.267. The van der Waals surface area contributed by atoms with Crippen molar-refractivity contribution in [3.8, 4) is 11.5 Å². The van der Waals surface area contributed by atoms with Gasteiger partial charge in [0.2, 0.25) is 5.95 Å². The average molecular weight is 489 g/mol. The molecule has 0 aliphatic heterocycles. The molecule has 0 bridgehead atoms. The number of nitrogens with one attached hydrogen (secondary N) is 2. The van der Waals surface area contributed by atoms with Gasteiger partial charge >= 0.3 is 0 Å². The molecule has 1 aromatic heterocycles. The molecule has 164 valence electrons. The Morgan fingerprint density at radius 1 is 1.19 bits per heavy atom. The van der Waals surface area contributed by atoms with E-state index < -0.39 is 0 Å². The summed E-state index contributed by atoms with van der Waals surface area (Å²) < 4.78 is 13.8. The van der Waals surface area contributed by atoms with Gasteiger partial charge in [-0.1, -0.05) is 45.6 Å². The second-order valence-electron chi connectivity index (χ2n) is 6.84. The summed E-state index contributed by atoms with van der Waals surface area (Å²) in [7, 11) is 1.56. The van der Waals surface area contributed by atoms with E-state index in [1.54, 1.807) is 17.9 Å². The number of tetrazole rings is 1. The number of methoxy groups -OCH3 is 1. The van der Waals surface area contributed by atoms with E-state index in [1.165, 1.54) is 0 Å². The van der Waals surface area contributed by atoms with Gasteiger partial charge in [-0.05, 0) is 48.0 Å². The van der Waals surface area contributed by atoms with E-state index in [2.05, 4.69) is 49.0 Å². The molecule has 0 aliphatic carbocycles. The maximum atomic E-state index is 12.4. The first-order valence-corrected chi connectivity index (χ1v) is 10.7. The molecule has 3 aromatic rings. The van der Waals surface area contributed by atoms with Crippen LogP contribution in [-0.2, 0) is 17.9 Å². The van der Waals surface area contributed by atoms with Crippen LogP contribution >= 0.6 is 15.9 Å². The quantitative estimate of drug-likeness (QED) is 0.447. The van der Waals surface area contributed by atoms with Crippen LogP contribution in [0.4, 0.5) is 11.6 Å². The lowest BCUT2D eigenvalue weighted by atomic mass is 10.2. The van der Waals surface area contributed by atoms with Gasteiger partial charge in [0.05, 0.1) is 7.11 Å². The van der Waals surface area contributed by atoms with E-state index in [0.29, 0.717) is 36.2 Å². The zero-order valence-electron chi connectivity index (χ0n) is 17.7. The molecule has 0 atom stereocenters. The van der Waals surface area contributed by atoms with Crippen molar-refractivity contribution in [1.29, 1.82) is 0 Å². The summed E-state index contributed by atoms with van der Waals surface area (Å²) in [6, 6.07) is 11.2. The molecule has 0 spiro atoms. The molecule has 0 unspecified atom stereocenters. The standard InChI is InChI=1S/C21H25BrN6O3/c1-4-11-28-21(25-26-27-28)23-12-16-17(22)9-10-18(30-3)20(16)31-13-19(29)24-15-7-5-14(2)6-8-15/h5-10H,4,11-13H2,1-3H3,(H,24,29)(H,23,25,27). The Labute approximate surface area is 189 Å². The molecule has 1 amide bonds.